The number of benzene rings is 1. The number of hydrogen-bond acceptors (Lipinski definition) is 9. The lowest BCUT2D eigenvalue weighted by atomic mass is 9.77. The maximum Gasteiger partial charge on any atom is 0.355 e. The average Bonchev–Trinajstić information content (AvgIpc) is 3.48. The number of nitrogens with zero attached hydrogens (tertiary/aromatic N) is 4. The summed E-state index contributed by atoms with van der Waals surface area (Å²) in [5, 5.41) is 22.4. The summed E-state index contributed by atoms with van der Waals surface area (Å²) in [5.41, 5.74) is 1.44. The summed E-state index contributed by atoms with van der Waals surface area (Å²) in [5.74, 6) is -1.74. The predicted molar refractivity (Wildman–Crippen MR) is 139 cm³/mol. The standard InChI is InChI=1S/C25H26N4O6S2/c1-12(2)36-22-24-27(11-26-22)9-17(37-24)18-13(3)20-19(14(4)30)23(31)28(20)21(18)25(32)35-10-15-5-7-16(8-6-15)29(33)34/h5-9,11-14,19-20,30H,10H2,1-4H3/t13-,14+,19+,20+/m0/s1. The zero-order valence-corrected chi connectivity index (χ0v) is 22.3. The lowest BCUT2D eigenvalue weighted by molar-refractivity contribution is -0.384. The summed E-state index contributed by atoms with van der Waals surface area (Å²) in [7, 11) is 0. The number of fused-ring (bicyclic) bond motifs is 2. The van der Waals surface area contributed by atoms with E-state index in [1.807, 2.05) is 17.5 Å². The zero-order valence-electron chi connectivity index (χ0n) is 20.7. The summed E-state index contributed by atoms with van der Waals surface area (Å²) in [4.78, 5) is 44.6. The third kappa shape index (κ3) is 4.32. The molecule has 5 rings (SSSR count). The van der Waals surface area contributed by atoms with Crippen LogP contribution in [0.25, 0.3) is 10.4 Å². The second kappa shape index (κ2) is 9.58. The van der Waals surface area contributed by atoms with Crippen molar-refractivity contribution in [3.05, 3.63) is 63.0 Å². The monoisotopic (exact) mass is 542 g/mol. The molecule has 10 nitrogen and oxygen atoms in total. The molecule has 0 saturated carbocycles. The Hall–Kier alpha value is -3.22. The highest BCUT2D eigenvalue weighted by molar-refractivity contribution is 8.00. The van der Waals surface area contributed by atoms with Gasteiger partial charge in [-0.25, -0.2) is 9.78 Å². The van der Waals surface area contributed by atoms with Crippen LogP contribution in [-0.2, 0) is 20.9 Å². The van der Waals surface area contributed by atoms with Crippen LogP contribution >= 0.6 is 23.1 Å². The molecule has 2 aliphatic rings. The molecule has 2 aromatic heterocycles. The minimum Gasteiger partial charge on any atom is -0.456 e. The van der Waals surface area contributed by atoms with E-state index in [-0.39, 0.29) is 35.9 Å². The minimum absolute atomic E-state index is 0.0542. The molecule has 3 aromatic rings. The van der Waals surface area contributed by atoms with Crippen LogP contribution in [0.4, 0.5) is 5.69 Å². The number of esters is 1. The Labute approximate surface area is 221 Å². The van der Waals surface area contributed by atoms with E-state index in [4.69, 9.17) is 4.74 Å². The van der Waals surface area contributed by atoms with Crippen LogP contribution in [0.5, 0.6) is 0 Å². The summed E-state index contributed by atoms with van der Waals surface area (Å²) >= 11 is 3.16. The SMILES string of the molecule is CC(C)Sc1ncn2cc(C3=C(C(=O)OCc4ccc([N+](=O)[O-])cc4)N4C(=O)[C@H]([C@@H](C)O)[C@H]4[C@H]3C)sc12. The molecule has 4 atom stereocenters. The van der Waals surface area contributed by atoms with Gasteiger partial charge in [0.25, 0.3) is 5.69 Å². The molecule has 0 unspecified atom stereocenters. The van der Waals surface area contributed by atoms with Crippen LogP contribution in [-0.4, -0.2) is 53.6 Å². The van der Waals surface area contributed by atoms with Gasteiger partial charge in [0.15, 0.2) is 0 Å². The van der Waals surface area contributed by atoms with Crippen LogP contribution in [0.2, 0.25) is 0 Å². The number of aromatic nitrogens is 2. The van der Waals surface area contributed by atoms with Gasteiger partial charge in [-0.2, -0.15) is 0 Å². The Morgan fingerprint density at radius 2 is 2.00 bits per heavy atom. The van der Waals surface area contributed by atoms with Crippen LogP contribution in [0.1, 0.15) is 38.1 Å². The molecular weight excluding hydrogens is 516 g/mol. The van der Waals surface area contributed by atoms with E-state index in [1.165, 1.54) is 40.5 Å². The van der Waals surface area contributed by atoms with Crippen molar-refractivity contribution in [1.29, 1.82) is 0 Å². The first-order valence-electron chi connectivity index (χ1n) is 11.9. The molecule has 1 aromatic carbocycles. The molecule has 0 radical (unpaired) electrons. The van der Waals surface area contributed by atoms with Crippen LogP contribution < -0.4 is 0 Å². The van der Waals surface area contributed by atoms with E-state index < -0.39 is 22.9 Å². The Morgan fingerprint density at radius 3 is 2.62 bits per heavy atom. The number of non-ortho nitro benzene ring substituents is 1. The number of aliphatic hydroxyl groups excluding tert-OH is 1. The molecule has 0 spiro atoms. The molecule has 1 saturated heterocycles. The van der Waals surface area contributed by atoms with Crippen molar-refractivity contribution in [3.63, 3.8) is 0 Å². The Kier molecular flexibility index (Phi) is 6.59. The number of carbonyl (C=O) groups excluding carboxylic acids is 2. The molecule has 4 heterocycles. The number of amides is 1. The molecule has 0 bridgehead atoms. The number of rotatable bonds is 8. The van der Waals surface area contributed by atoms with E-state index in [0.717, 1.165) is 14.7 Å². The number of thioether (sulfide) groups is 1. The van der Waals surface area contributed by atoms with Gasteiger partial charge < -0.3 is 14.7 Å². The number of nitro benzene ring substituents is 1. The third-order valence-corrected chi connectivity index (χ3v) is 8.94. The van der Waals surface area contributed by atoms with Gasteiger partial charge in [-0.05, 0) is 24.6 Å². The predicted octanol–water partition coefficient (Wildman–Crippen LogP) is 4.12. The Morgan fingerprint density at radius 1 is 1.30 bits per heavy atom. The van der Waals surface area contributed by atoms with Crippen molar-refractivity contribution in [2.24, 2.45) is 11.8 Å². The summed E-state index contributed by atoms with van der Waals surface area (Å²) < 4.78 is 7.52. The van der Waals surface area contributed by atoms with Gasteiger partial charge >= 0.3 is 5.97 Å². The lowest BCUT2D eigenvalue weighted by Gasteiger charge is -2.46. The van der Waals surface area contributed by atoms with Gasteiger partial charge in [0.05, 0.1) is 27.9 Å². The number of imidazole rings is 1. The van der Waals surface area contributed by atoms with Crippen molar-refractivity contribution in [3.8, 4) is 0 Å². The van der Waals surface area contributed by atoms with Gasteiger partial charge in [0.1, 0.15) is 28.5 Å². The van der Waals surface area contributed by atoms with E-state index >= 15 is 0 Å². The second-order valence-electron chi connectivity index (χ2n) is 9.54. The molecule has 12 heteroatoms. The topological polar surface area (TPSA) is 127 Å². The van der Waals surface area contributed by atoms with E-state index in [9.17, 15) is 24.8 Å². The van der Waals surface area contributed by atoms with E-state index in [1.54, 1.807) is 25.0 Å². The number of carbonyl (C=O) groups is 2. The number of hydrogen-bond donors (Lipinski definition) is 1. The fourth-order valence-electron chi connectivity index (χ4n) is 5.02. The largest absolute Gasteiger partial charge is 0.456 e. The first-order valence-corrected chi connectivity index (χ1v) is 13.6. The van der Waals surface area contributed by atoms with Gasteiger partial charge in [-0.15, -0.1) is 23.1 Å². The number of aliphatic hydroxyl groups is 1. The second-order valence-corrected chi connectivity index (χ2v) is 12.1. The summed E-state index contributed by atoms with van der Waals surface area (Å²) in [6.07, 6.45) is 2.82. The molecule has 1 amide bonds. The van der Waals surface area contributed by atoms with Gasteiger partial charge in [0.2, 0.25) is 5.91 Å². The van der Waals surface area contributed by atoms with Crippen molar-refractivity contribution in [1.82, 2.24) is 14.3 Å². The maximum atomic E-state index is 13.4. The fourth-order valence-corrected chi connectivity index (χ4v) is 7.16. The van der Waals surface area contributed by atoms with Crippen LogP contribution in [0.3, 0.4) is 0 Å². The number of nitro groups is 1. The summed E-state index contributed by atoms with van der Waals surface area (Å²) in [6.45, 7) is 7.64. The van der Waals surface area contributed by atoms with E-state index in [0.29, 0.717) is 16.4 Å². The Balaban J connectivity index is 1.49. The molecule has 1 fully saturated rings. The minimum atomic E-state index is -0.842. The molecule has 2 aliphatic heterocycles. The molecular formula is C25H26N4O6S2. The molecule has 37 heavy (non-hydrogen) atoms. The smallest absolute Gasteiger partial charge is 0.355 e. The first-order chi connectivity index (χ1) is 17.6. The third-order valence-electron chi connectivity index (χ3n) is 6.68. The normalized spacial score (nSPS) is 21.9. The Bertz CT molecular complexity index is 1420. The molecule has 194 valence electrons. The molecule has 1 N–H and O–H groups in total. The quantitative estimate of drug-likeness (QED) is 0.148. The highest BCUT2D eigenvalue weighted by Gasteiger charge is 2.60. The summed E-state index contributed by atoms with van der Waals surface area (Å²) in [6, 6.07) is 5.42. The lowest BCUT2D eigenvalue weighted by Crippen LogP contribution is -2.63. The van der Waals surface area contributed by atoms with Crippen molar-refractivity contribution >= 4 is 51.1 Å². The highest BCUT2D eigenvalue weighted by Crippen LogP contribution is 2.52. The zero-order chi connectivity index (χ0) is 26.6. The fraction of sp³-hybridized carbons (Fsp3) is 0.400. The average molecular weight is 543 g/mol. The van der Waals surface area contributed by atoms with Crippen LogP contribution in [0.15, 0.2) is 47.5 Å². The number of ether oxygens (including phenoxy) is 1. The van der Waals surface area contributed by atoms with Gasteiger partial charge in [-0.1, -0.05) is 20.8 Å². The van der Waals surface area contributed by atoms with Crippen LogP contribution in [0, 0.1) is 22.0 Å². The highest BCUT2D eigenvalue weighted by atomic mass is 32.2. The van der Waals surface area contributed by atoms with E-state index in [2.05, 4.69) is 18.8 Å². The van der Waals surface area contributed by atoms with Gasteiger partial charge in [0, 0.05) is 35.1 Å². The van der Waals surface area contributed by atoms with Crippen molar-refractivity contribution in [2.75, 3.05) is 0 Å². The first kappa shape index (κ1) is 25.4. The van der Waals surface area contributed by atoms with Crippen molar-refractivity contribution in [2.45, 2.75) is 56.7 Å². The van der Waals surface area contributed by atoms with Gasteiger partial charge in [-0.3, -0.25) is 19.3 Å². The maximum absolute atomic E-state index is 13.4. The number of thiazole rings is 1. The van der Waals surface area contributed by atoms with Crippen molar-refractivity contribution < 1.29 is 24.4 Å². The molecule has 0 aliphatic carbocycles. The number of β-lactam (4-membered cyclic amide) rings is 1.